The molecular weight excluding hydrogens is 498 g/mol. The highest BCUT2D eigenvalue weighted by Crippen LogP contribution is 2.25. The summed E-state index contributed by atoms with van der Waals surface area (Å²) in [4.78, 5) is 28.4. The number of anilines is 1. The van der Waals surface area contributed by atoms with E-state index in [0.717, 1.165) is 26.6 Å². The number of nitrogens with zero attached hydrogens (tertiary/aromatic N) is 2. The van der Waals surface area contributed by atoms with Crippen LogP contribution in [-0.2, 0) is 26.2 Å². The molecule has 0 unspecified atom stereocenters. The Morgan fingerprint density at radius 3 is 1.95 bits per heavy atom. The lowest BCUT2D eigenvalue weighted by atomic mass is 10.1. The van der Waals surface area contributed by atoms with Gasteiger partial charge < -0.3 is 10.2 Å². The quantitative estimate of drug-likeness (QED) is 0.406. The smallest absolute Gasteiger partial charge is 0.264 e. The van der Waals surface area contributed by atoms with Gasteiger partial charge in [0.1, 0.15) is 12.6 Å². The second-order valence-electron chi connectivity index (χ2n) is 10.0. The molecular formula is C30H37N3O4S. The van der Waals surface area contributed by atoms with Gasteiger partial charge in [-0.25, -0.2) is 8.42 Å². The summed E-state index contributed by atoms with van der Waals surface area (Å²) in [6.45, 7) is 10.8. The van der Waals surface area contributed by atoms with Gasteiger partial charge in [0.05, 0.1) is 10.6 Å². The fourth-order valence-corrected chi connectivity index (χ4v) is 5.49. The average Bonchev–Trinajstić information content (AvgIpc) is 2.86. The average molecular weight is 536 g/mol. The molecule has 0 saturated carbocycles. The third-order valence-corrected chi connectivity index (χ3v) is 8.03. The summed E-state index contributed by atoms with van der Waals surface area (Å²) in [7, 11) is -4.07. The van der Waals surface area contributed by atoms with Gasteiger partial charge in [0.2, 0.25) is 11.8 Å². The Bertz CT molecular complexity index is 1370. The maximum absolute atomic E-state index is 13.9. The van der Waals surface area contributed by atoms with Gasteiger partial charge in [-0.15, -0.1) is 0 Å². The van der Waals surface area contributed by atoms with Crippen molar-refractivity contribution in [2.45, 2.75) is 65.1 Å². The van der Waals surface area contributed by atoms with Crippen LogP contribution in [0, 0.1) is 20.8 Å². The standard InChI is InChI=1S/C30H37N3O4S/c1-21(2)31-30(35)25(6)32(19-26-9-7-8-24(5)18-26)29(34)20-33(27-14-10-22(3)11-15-27)38(36,37)28-16-12-23(4)13-17-28/h7-18,21,25H,19-20H2,1-6H3,(H,31,35)/t25-/m0/s1. The third-order valence-electron chi connectivity index (χ3n) is 6.24. The Kier molecular flexibility index (Phi) is 9.33. The molecule has 1 N–H and O–H groups in total. The Hall–Kier alpha value is -3.65. The molecule has 0 radical (unpaired) electrons. The summed E-state index contributed by atoms with van der Waals surface area (Å²) in [6, 6.07) is 20.3. The molecule has 0 aliphatic heterocycles. The van der Waals surface area contributed by atoms with E-state index in [9.17, 15) is 18.0 Å². The predicted molar refractivity (Wildman–Crippen MR) is 151 cm³/mol. The van der Waals surface area contributed by atoms with Crippen molar-refractivity contribution in [3.8, 4) is 0 Å². The summed E-state index contributed by atoms with van der Waals surface area (Å²) >= 11 is 0. The monoisotopic (exact) mass is 535 g/mol. The number of benzene rings is 3. The van der Waals surface area contributed by atoms with E-state index in [1.54, 1.807) is 55.5 Å². The number of carbonyl (C=O) groups is 2. The highest BCUT2D eigenvalue weighted by atomic mass is 32.2. The SMILES string of the molecule is Cc1ccc(N(CC(=O)N(Cc2cccc(C)c2)[C@@H](C)C(=O)NC(C)C)S(=O)(=O)c2ccc(C)cc2)cc1. The molecule has 0 fully saturated rings. The second kappa shape index (κ2) is 12.3. The Morgan fingerprint density at radius 2 is 1.39 bits per heavy atom. The first kappa shape index (κ1) is 28.9. The zero-order valence-electron chi connectivity index (χ0n) is 22.9. The first-order chi connectivity index (χ1) is 17.9. The number of sulfonamides is 1. The molecule has 8 heteroatoms. The molecule has 3 aromatic rings. The minimum atomic E-state index is -4.07. The lowest BCUT2D eigenvalue weighted by Gasteiger charge is -2.32. The van der Waals surface area contributed by atoms with E-state index >= 15 is 0 Å². The zero-order valence-corrected chi connectivity index (χ0v) is 23.7. The molecule has 7 nitrogen and oxygen atoms in total. The van der Waals surface area contributed by atoms with Gasteiger partial charge in [-0.1, -0.05) is 65.2 Å². The van der Waals surface area contributed by atoms with Crippen LogP contribution in [0.2, 0.25) is 0 Å². The molecule has 202 valence electrons. The maximum Gasteiger partial charge on any atom is 0.264 e. The maximum atomic E-state index is 13.9. The first-order valence-corrected chi connectivity index (χ1v) is 14.1. The van der Waals surface area contributed by atoms with Gasteiger partial charge in [0, 0.05) is 12.6 Å². The van der Waals surface area contributed by atoms with E-state index in [4.69, 9.17) is 0 Å². The Balaban J connectivity index is 2.02. The van der Waals surface area contributed by atoms with Crippen LogP contribution >= 0.6 is 0 Å². The van der Waals surface area contributed by atoms with Crippen molar-refractivity contribution < 1.29 is 18.0 Å². The van der Waals surface area contributed by atoms with Crippen LogP contribution in [0.25, 0.3) is 0 Å². The topological polar surface area (TPSA) is 86.8 Å². The molecule has 0 aromatic heterocycles. The third kappa shape index (κ3) is 7.22. The number of hydrogen-bond donors (Lipinski definition) is 1. The lowest BCUT2D eigenvalue weighted by molar-refractivity contribution is -0.139. The molecule has 3 rings (SSSR count). The summed E-state index contributed by atoms with van der Waals surface area (Å²) in [5.41, 5.74) is 4.14. The van der Waals surface area contributed by atoms with Crippen molar-refractivity contribution >= 4 is 27.5 Å². The number of nitrogens with one attached hydrogen (secondary N) is 1. The van der Waals surface area contributed by atoms with Crippen molar-refractivity contribution in [1.29, 1.82) is 0 Å². The molecule has 1 atom stereocenters. The number of carbonyl (C=O) groups excluding carboxylic acids is 2. The van der Waals surface area contributed by atoms with Gasteiger partial charge in [-0.2, -0.15) is 0 Å². The molecule has 2 amide bonds. The summed E-state index contributed by atoms with van der Waals surface area (Å²) in [5.74, 6) is -0.779. The van der Waals surface area contributed by atoms with Crippen LogP contribution in [0.1, 0.15) is 43.0 Å². The van der Waals surface area contributed by atoms with E-state index in [2.05, 4.69) is 5.32 Å². The Morgan fingerprint density at radius 1 is 0.816 bits per heavy atom. The highest BCUT2D eigenvalue weighted by molar-refractivity contribution is 7.92. The second-order valence-corrected chi connectivity index (χ2v) is 11.9. The minimum absolute atomic E-state index is 0.0901. The fourth-order valence-electron chi connectivity index (χ4n) is 4.07. The van der Waals surface area contributed by atoms with E-state index < -0.39 is 28.5 Å². The van der Waals surface area contributed by atoms with E-state index in [0.29, 0.717) is 5.69 Å². The van der Waals surface area contributed by atoms with E-state index in [1.165, 1.54) is 4.90 Å². The van der Waals surface area contributed by atoms with Gasteiger partial charge >= 0.3 is 0 Å². The van der Waals surface area contributed by atoms with Crippen molar-refractivity contribution in [1.82, 2.24) is 10.2 Å². The zero-order chi connectivity index (χ0) is 28.0. The minimum Gasteiger partial charge on any atom is -0.352 e. The number of hydrogen-bond acceptors (Lipinski definition) is 4. The van der Waals surface area contributed by atoms with Crippen LogP contribution in [0.5, 0.6) is 0 Å². The summed E-state index contributed by atoms with van der Waals surface area (Å²) < 4.78 is 28.8. The van der Waals surface area contributed by atoms with Crippen molar-refractivity contribution in [3.05, 3.63) is 95.1 Å². The molecule has 0 aliphatic rings. The molecule has 3 aromatic carbocycles. The van der Waals surface area contributed by atoms with Crippen LogP contribution in [0.15, 0.2) is 77.7 Å². The van der Waals surface area contributed by atoms with Crippen molar-refractivity contribution in [2.24, 2.45) is 0 Å². The number of amides is 2. The summed E-state index contributed by atoms with van der Waals surface area (Å²) in [6.07, 6.45) is 0. The summed E-state index contributed by atoms with van der Waals surface area (Å²) in [5, 5.41) is 2.86. The molecule has 0 bridgehead atoms. The normalized spacial score (nSPS) is 12.2. The van der Waals surface area contributed by atoms with Crippen molar-refractivity contribution in [3.63, 3.8) is 0 Å². The van der Waals surface area contributed by atoms with Gasteiger partial charge in [-0.05, 0) is 71.4 Å². The van der Waals surface area contributed by atoms with E-state index in [-0.39, 0.29) is 23.4 Å². The van der Waals surface area contributed by atoms with Crippen LogP contribution < -0.4 is 9.62 Å². The first-order valence-electron chi connectivity index (χ1n) is 12.7. The van der Waals surface area contributed by atoms with Gasteiger partial charge in [-0.3, -0.25) is 13.9 Å². The van der Waals surface area contributed by atoms with Crippen LogP contribution in [-0.4, -0.2) is 43.8 Å². The number of rotatable bonds is 10. The molecule has 0 aliphatic carbocycles. The van der Waals surface area contributed by atoms with Crippen LogP contribution in [0.3, 0.4) is 0 Å². The predicted octanol–water partition coefficient (Wildman–Crippen LogP) is 4.75. The van der Waals surface area contributed by atoms with Crippen LogP contribution in [0.4, 0.5) is 5.69 Å². The highest BCUT2D eigenvalue weighted by Gasteiger charge is 2.32. The molecule has 0 heterocycles. The van der Waals surface area contributed by atoms with Gasteiger partial charge in [0.25, 0.3) is 10.0 Å². The molecule has 0 spiro atoms. The van der Waals surface area contributed by atoms with E-state index in [1.807, 2.05) is 58.9 Å². The van der Waals surface area contributed by atoms with Crippen molar-refractivity contribution in [2.75, 3.05) is 10.8 Å². The Labute approximate surface area is 226 Å². The molecule has 38 heavy (non-hydrogen) atoms. The van der Waals surface area contributed by atoms with Gasteiger partial charge in [0.15, 0.2) is 0 Å². The number of aryl methyl sites for hydroxylation is 3. The lowest BCUT2D eigenvalue weighted by Crippen LogP contribution is -2.52. The largest absolute Gasteiger partial charge is 0.352 e. The molecule has 0 saturated heterocycles. The fraction of sp³-hybridized carbons (Fsp3) is 0.333.